The molecule has 0 heterocycles. The Morgan fingerprint density at radius 1 is 1.18 bits per heavy atom. The van der Waals surface area contributed by atoms with Crippen molar-refractivity contribution in [3.63, 3.8) is 0 Å². The molecule has 0 radical (unpaired) electrons. The van der Waals surface area contributed by atoms with E-state index in [1.165, 1.54) is 7.11 Å². The highest BCUT2D eigenvalue weighted by atomic mass is 31.2. The Bertz CT molecular complexity index is 257. The SMILES string of the molecule is CCCCC(C(=O)OC)P(=O)(OCC)OCC. The van der Waals surface area contributed by atoms with Crippen molar-refractivity contribution in [2.75, 3.05) is 20.3 Å². The maximum atomic E-state index is 12.5. The van der Waals surface area contributed by atoms with Gasteiger partial charge in [0.15, 0.2) is 5.66 Å². The molecule has 0 amide bonds. The highest BCUT2D eigenvalue weighted by molar-refractivity contribution is 7.55. The third-order valence-electron chi connectivity index (χ3n) is 2.30. The number of hydrogen-bond donors (Lipinski definition) is 0. The molecule has 0 N–H and O–H groups in total. The number of rotatable bonds is 9. The smallest absolute Gasteiger partial charge is 0.344 e. The average Bonchev–Trinajstić information content (AvgIpc) is 2.29. The van der Waals surface area contributed by atoms with E-state index in [1.807, 2.05) is 6.92 Å². The molecule has 0 aromatic heterocycles. The van der Waals surface area contributed by atoms with Crippen molar-refractivity contribution in [3.05, 3.63) is 0 Å². The first-order valence-corrected chi connectivity index (χ1v) is 7.63. The third-order valence-corrected chi connectivity index (χ3v) is 4.77. The molecule has 0 saturated carbocycles. The van der Waals surface area contributed by atoms with E-state index in [4.69, 9.17) is 9.05 Å². The number of carbonyl (C=O) groups excluding carboxylic acids is 1. The average molecular weight is 266 g/mol. The fraction of sp³-hybridized carbons (Fsp3) is 0.909. The molecule has 1 unspecified atom stereocenters. The molecule has 0 aliphatic rings. The van der Waals surface area contributed by atoms with Gasteiger partial charge in [-0.2, -0.15) is 0 Å². The lowest BCUT2D eigenvalue weighted by Gasteiger charge is -2.24. The quantitative estimate of drug-likeness (QED) is 0.474. The molecule has 0 fully saturated rings. The van der Waals surface area contributed by atoms with Gasteiger partial charge in [-0.25, -0.2) is 0 Å². The second-order valence-corrected chi connectivity index (χ2v) is 5.78. The van der Waals surface area contributed by atoms with E-state index >= 15 is 0 Å². The van der Waals surface area contributed by atoms with E-state index in [2.05, 4.69) is 4.74 Å². The zero-order valence-electron chi connectivity index (χ0n) is 11.1. The van der Waals surface area contributed by atoms with Crippen molar-refractivity contribution < 1.29 is 23.1 Å². The minimum Gasteiger partial charge on any atom is -0.468 e. The first-order valence-electron chi connectivity index (χ1n) is 6.02. The van der Waals surface area contributed by atoms with Gasteiger partial charge >= 0.3 is 13.6 Å². The normalized spacial score (nSPS) is 13.4. The number of hydrogen-bond acceptors (Lipinski definition) is 5. The molecule has 0 aromatic carbocycles. The van der Waals surface area contributed by atoms with E-state index in [-0.39, 0.29) is 13.2 Å². The summed E-state index contributed by atoms with van der Waals surface area (Å²) >= 11 is 0. The monoisotopic (exact) mass is 266 g/mol. The van der Waals surface area contributed by atoms with Crippen LogP contribution in [0.3, 0.4) is 0 Å². The van der Waals surface area contributed by atoms with Crippen molar-refractivity contribution in [1.29, 1.82) is 0 Å². The van der Waals surface area contributed by atoms with Crippen molar-refractivity contribution in [2.24, 2.45) is 0 Å². The topological polar surface area (TPSA) is 61.8 Å². The number of ether oxygens (including phenoxy) is 1. The van der Waals surface area contributed by atoms with Gasteiger partial charge in [-0.05, 0) is 20.3 Å². The summed E-state index contributed by atoms with van der Waals surface area (Å²) in [6.45, 7) is 5.94. The van der Waals surface area contributed by atoms with Crippen molar-refractivity contribution in [3.8, 4) is 0 Å². The summed E-state index contributed by atoms with van der Waals surface area (Å²) in [6.07, 6.45) is 2.15. The summed E-state index contributed by atoms with van der Waals surface area (Å²) in [4.78, 5) is 11.7. The molecule has 17 heavy (non-hydrogen) atoms. The van der Waals surface area contributed by atoms with Crippen LogP contribution < -0.4 is 0 Å². The van der Waals surface area contributed by atoms with Gasteiger partial charge in [0.05, 0.1) is 20.3 Å². The van der Waals surface area contributed by atoms with Crippen LogP contribution in [0.2, 0.25) is 0 Å². The fourth-order valence-corrected chi connectivity index (χ4v) is 3.53. The van der Waals surface area contributed by atoms with E-state index in [0.717, 1.165) is 12.8 Å². The van der Waals surface area contributed by atoms with Crippen molar-refractivity contribution >= 4 is 13.6 Å². The molecule has 6 heteroatoms. The van der Waals surface area contributed by atoms with Crippen molar-refractivity contribution in [2.45, 2.75) is 45.7 Å². The van der Waals surface area contributed by atoms with Gasteiger partial charge in [-0.15, -0.1) is 0 Å². The Hall–Kier alpha value is -0.380. The Balaban J connectivity index is 4.92. The predicted octanol–water partition coefficient (Wildman–Crippen LogP) is 2.98. The molecule has 0 aliphatic heterocycles. The van der Waals surface area contributed by atoms with Gasteiger partial charge < -0.3 is 13.8 Å². The highest BCUT2D eigenvalue weighted by Crippen LogP contribution is 2.54. The van der Waals surface area contributed by atoms with Crippen LogP contribution in [0.4, 0.5) is 0 Å². The predicted molar refractivity (Wildman–Crippen MR) is 66.2 cm³/mol. The van der Waals surface area contributed by atoms with Crippen molar-refractivity contribution in [1.82, 2.24) is 0 Å². The number of unbranched alkanes of at least 4 members (excludes halogenated alkanes) is 1. The summed E-state index contributed by atoms with van der Waals surface area (Å²) in [5.74, 6) is -0.524. The molecule has 0 spiro atoms. The van der Waals surface area contributed by atoms with Gasteiger partial charge in [0.1, 0.15) is 0 Å². The molecule has 0 aliphatic carbocycles. The van der Waals surface area contributed by atoms with Crippen LogP contribution >= 0.6 is 7.60 Å². The Labute approximate surface area is 103 Å². The Morgan fingerprint density at radius 3 is 2.06 bits per heavy atom. The molecule has 1 atom stereocenters. The first kappa shape index (κ1) is 16.6. The van der Waals surface area contributed by atoms with Crippen LogP contribution in [0.5, 0.6) is 0 Å². The standard InChI is InChI=1S/C11H23O5P/c1-5-8-9-10(11(12)14-4)17(13,15-6-2)16-7-3/h10H,5-9H2,1-4H3. The van der Waals surface area contributed by atoms with E-state index in [1.54, 1.807) is 13.8 Å². The summed E-state index contributed by atoms with van der Waals surface area (Å²) in [5, 5.41) is 0. The molecule has 5 nitrogen and oxygen atoms in total. The van der Waals surface area contributed by atoms with E-state index in [9.17, 15) is 9.36 Å². The molecule has 0 rings (SSSR count). The largest absolute Gasteiger partial charge is 0.468 e. The minimum absolute atomic E-state index is 0.247. The number of methoxy groups -OCH3 is 1. The lowest BCUT2D eigenvalue weighted by Crippen LogP contribution is -2.25. The third kappa shape index (κ3) is 5.19. The van der Waals surface area contributed by atoms with E-state index in [0.29, 0.717) is 6.42 Å². The van der Waals surface area contributed by atoms with Crippen LogP contribution in [0.15, 0.2) is 0 Å². The molecule has 0 bridgehead atoms. The lowest BCUT2D eigenvalue weighted by molar-refractivity contribution is -0.140. The number of esters is 1. The zero-order chi connectivity index (χ0) is 13.3. The molecule has 0 aromatic rings. The van der Waals surface area contributed by atoms with Crippen LogP contribution in [0.1, 0.15) is 40.0 Å². The second-order valence-electron chi connectivity index (χ2n) is 3.56. The molecule has 0 saturated heterocycles. The van der Waals surface area contributed by atoms with Crippen LogP contribution in [0, 0.1) is 0 Å². The van der Waals surface area contributed by atoms with Gasteiger partial charge in [-0.1, -0.05) is 19.8 Å². The molecule has 102 valence electrons. The summed E-state index contributed by atoms with van der Waals surface area (Å²) in [7, 11) is -2.13. The highest BCUT2D eigenvalue weighted by Gasteiger charge is 2.41. The molecular formula is C11H23O5P. The zero-order valence-corrected chi connectivity index (χ0v) is 12.0. The maximum absolute atomic E-state index is 12.5. The second kappa shape index (κ2) is 8.67. The van der Waals surface area contributed by atoms with Gasteiger partial charge in [0, 0.05) is 0 Å². The summed E-state index contributed by atoms with van der Waals surface area (Å²) in [5.41, 5.74) is -0.813. The summed E-state index contributed by atoms with van der Waals surface area (Å²) in [6, 6.07) is 0. The van der Waals surface area contributed by atoms with E-state index < -0.39 is 19.2 Å². The Morgan fingerprint density at radius 2 is 1.71 bits per heavy atom. The minimum atomic E-state index is -3.41. The van der Waals surface area contributed by atoms with Crippen LogP contribution in [-0.2, 0) is 23.1 Å². The van der Waals surface area contributed by atoms with Crippen LogP contribution in [-0.4, -0.2) is 32.0 Å². The lowest BCUT2D eigenvalue weighted by atomic mass is 10.2. The van der Waals surface area contributed by atoms with Crippen LogP contribution in [0.25, 0.3) is 0 Å². The summed E-state index contributed by atoms with van der Waals surface area (Å²) < 4.78 is 27.5. The van der Waals surface area contributed by atoms with Gasteiger partial charge in [-0.3, -0.25) is 9.36 Å². The maximum Gasteiger partial charge on any atom is 0.344 e. The fourth-order valence-electron chi connectivity index (χ4n) is 1.52. The number of carbonyl (C=O) groups is 1. The Kier molecular flexibility index (Phi) is 8.48. The molecular weight excluding hydrogens is 243 g/mol. The van der Waals surface area contributed by atoms with Gasteiger partial charge in [0.25, 0.3) is 0 Å². The van der Waals surface area contributed by atoms with Gasteiger partial charge in [0.2, 0.25) is 0 Å². The first-order chi connectivity index (χ1) is 8.05.